The molecule has 3 aromatic rings. The molecule has 36 heavy (non-hydrogen) atoms. The first-order chi connectivity index (χ1) is 17.0. The summed E-state index contributed by atoms with van der Waals surface area (Å²) in [6, 6.07) is 21.7. The molecular weight excluding hydrogens is 495 g/mol. The molecule has 1 N–H and O–H groups in total. The van der Waals surface area contributed by atoms with E-state index in [4.69, 9.17) is 27.9 Å². The third-order valence-electron chi connectivity index (χ3n) is 5.45. The number of ether oxygens (including phenoxy) is 1. The van der Waals surface area contributed by atoms with Crippen LogP contribution in [-0.4, -0.2) is 34.9 Å². The predicted molar refractivity (Wildman–Crippen MR) is 146 cm³/mol. The lowest BCUT2D eigenvalue weighted by molar-refractivity contribution is -0.143. The van der Waals surface area contributed by atoms with E-state index in [9.17, 15) is 9.59 Å². The fraction of sp³-hybridized carbons (Fsp3) is 0.310. The number of nitrogens with zero attached hydrogens (tertiary/aromatic N) is 1. The lowest BCUT2D eigenvalue weighted by Crippen LogP contribution is -2.55. The zero-order valence-electron chi connectivity index (χ0n) is 21.1. The minimum Gasteiger partial charge on any atom is -0.482 e. The van der Waals surface area contributed by atoms with Gasteiger partial charge in [0.25, 0.3) is 5.91 Å². The summed E-state index contributed by atoms with van der Waals surface area (Å²) in [5.74, 6) is -0.201. The minimum atomic E-state index is -0.746. The number of rotatable bonds is 9. The summed E-state index contributed by atoms with van der Waals surface area (Å²) in [7, 11) is 0. The Labute approximate surface area is 223 Å². The monoisotopic (exact) mass is 526 g/mol. The Morgan fingerprint density at radius 2 is 1.64 bits per heavy atom. The van der Waals surface area contributed by atoms with Crippen LogP contribution in [0.4, 0.5) is 0 Å². The molecule has 0 aliphatic carbocycles. The van der Waals surface area contributed by atoms with Gasteiger partial charge in [-0.1, -0.05) is 83.4 Å². The molecular formula is C29H32Cl2N2O3. The van der Waals surface area contributed by atoms with E-state index in [1.165, 1.54) is 0 Å². The molecule has 0 fully saturated rings. The molecule has 0 bridgehead atoms. The van der Waals surface area contributed by atoms with Gasteiger partial charge in [-0.05, 0) is 57.0 Å². The summed E-state index contributed by atoms with van der Waals surface area (Å²) < 4.78 is 5.76. The van der Waals surface area contributed by atoms with E-state index in [1.54, 1.807) is 23.1 Å². The van der Waals surface area contributed by atoms with Crippen molar-refractivity contribution in [1.82, 2.24) is 10.2 Å². The van der Waals surface area contributed by atoms with E-state index >= 15 is 0 Å². The van der Waals surface area contributed by atoms with Crippen molar-refractivity contribution in [3.05, 3.63) is 99.5 Å². The Balaban J connectivity index is 1.94. The first-order valence-electron chi connectivity index (χ1n) is 11.8. The second kappa shape index (κ2) is 12.3. The lowest BCUT2D eigenvalue weighted by Gasteiger charge is -2.34. The molecule has 3 aromatic carbocycles. The van der Waals surface area contributed by atoms with Gasteiger partial charge in [0.05, 0.1) is 5.02 Å². The molecule has 0 radical (unpaired) electrons. The molecule has 3 rings (SSSR count). The minimum absolute atomic E-state index is 0.225. The van der Waals surface area contributed by atoms with Gasteiger partial charge in [-0.25, -0.2) is 0 Å². The maximum absolute atomic E-state index is 13.6. The van der Waals surface area contributed by atoms with Gasteiger partial charge < -0.3 is 15.0 Å². The summed E-state index contributed by atoms with van der Waals surface area (Å²) >= 11 is 12.2. The zero-order chi connectivity index (χ0) is 26.3. The van der Waals surface area contributed by atoms with E-state index < -0.39 is 11.6 Å². The number of carbonyl (C=O) groups excluding carboxylic acids is 2. The number of nitrogens with one attached hydrogen (secondary N) is 1. The molecule has 0 aliphatic heterocycles. The molecule has 0 heterocycles. The molecule has 0 saturated carbocycles. The third kappa shape index (κ3) is 8.28. The van der Waals surface area contributed by atoms with E-state index in [0.29, 0.717) is 22.2 Å². The van der Waals surface area contributed by atoms with E-state index in [2.05, 4.69) is 5.32 Å². The van der Waals surface area contributed by atoms with Crippen molar-refractivity contribution in [1.29, 1.82) is 0 Å². The van der Waals surface area contributed by atoms with E-state index in [1.807, 2.05) is 82.3 Å². The maximum atomic E-state index is 13.6. The first kappa shape index (κ1) is 27.6. The fourth-order valence-electron chi connectivity index (χ4n) is 3.83. The number of halogens is 2. The van der Waals surface area contributed by atoms with Gasteiger partial charge in [0.15, 0.2) is 6.61 Å². The smallest absolute Gasteiger partial charge is 0.261 e. The number of amides is 2. The zero-order valence-corrected chi connectivity index (χ0v) is 22.6. The molecule has 5 nitrogen and oxygen atoms in total. The van der Waals surface area contributed by atoms with Gasteiger partial charge in [-0.3, -0.25) is 9.59 Å². The second-order valence-electron chi connectivity index (χ2n) is 9.82. The van der Waals surface area contributed by atoms with Crippen LogP contribution < -0.4 is 10.1 Å². The largest absolute Gasteiger partial charge is 0.482 e. The van der Waals surface area contributed by atoms with Gasteiger partial charge in [0.1, 0.15) is 11.8 Å². The molecule has 0 saturated heterocycles. The third-order valence-corrected chi connectivity index (χ3v) is 5.98. The van der Waals surface area contributed by atoms with Gasteiger partial charge in [0, 0.05) is 23.5 Å². The second-order valence-corrected chi connectivity index (χ2v) is 10.7. The summed E-state index contributed by atoms with van der Waals surface area (Å²) in [5, 5.41) is 3.84. The molecule has 7 heteroatoms. The highest BCUT2D eigenvalue weighted by molar-refractivity contribution is 6.35. The number of hydrogen-bond acceptors (Lipinski definition) is 3. The highest BCUT2D eigenvalue weighted by atomic mass is 35.5. The molecule has 0 aromatic heterocycles. The Morgan fingerprint density at radius 3 is 2.28 bits per heavy atom. The Hall–Kier alpha value is -3.02. The van der Waals surface area contributed by atoms with Crippen LogP contribution in [0.2, 0.25) is 10.0 Å². The van der Waals surface area contributed by atoms with Gasteiger partial charge in [0.2, 0.25) is 5.91 Å². The van der Waals surface area contributed by atoms with Gasteiger partial charge in [-0.15, -0.1) is 0 Å². The first-order valence-corrected chi connectivity index (χ1v) is 12.6. The Kier molecular flexibility index (Phi) is 9.41. The highest BCUT2D eigenvalue weighted by Gasteiger charge is 2.32. The van der Waals surface area contributed by atoms with Crippen LogP contribution in [0.5, 0.6) is 5.75 Å². The van der Waals surface area contributed by atoms with Crippen molar-refractivity contribution in [3.8, 4) is 5.75 Å². The molecule has 1 unspecified atom stereocenters. The number of benzene rings is 3. The summed E-state index contributed by atoms with van der Waals surface area (Å²) in [4.78, 5) is 28.8. The number of carbonyl (C=O) groups is 2. The van der Waals surface area contributed by atoms with Crippen molar-refractivity contribution in [2.45, 2.75) is 52.2 Å². The summed E-state index contributed by atoms with van der Waals surface area (Å²) in [6.45, 7) is 7.73. The SMILES string of the molecule is Cc1cccc(CN(C(=O)COc2ccc(Cl)cc2Cl)C(Cc2ccccc2)C(=O)NC(C)(C)C)c1. The summed E-state index contributed by atoms with van der Waals surface area (Å²) in [5.41, 5.74) is 2.49. The van der Waals surface area contributed by atoms with Crippen LogP contribution in [0.25, 0.3) is 0 Å². The van der Waals surface area contributed by atoms with Crippen LogP contribution in [0, 0.1) is 6.92 Å². The molecule has 0 aliphatic rings. The van der Waals surface area contributed by atoms with Crippen molar-refractivity contribution in [2.75, 3.05) is 6.61 Å². The van der Waals surface area contributed by atoms with Crippen molar-refractivity contribution < 1.29 is 14.3 Å². The topological polar surface area (TPSA) is 58.6 Å². The molecule has 190 valence electrons. The van der Waals surface area contributed by atoms with Crippen molar-refractivity contribution in [2.24, 2.45) is 0 Å². The van der Waals surface area contributed by atoms with Crippen LogP contribution in [0.1, 0.15) is 37.5 Å². The lowest BCUT2D eigenvalue weighted by atomic mass is 10.0. The maximum Gasteiger partial charge on any atom is 0.261 e. The number of hydrogen-bond donors (Lipinski definition) is 1. The quantitative estimate of drug-likeness (QED) is 0.359. The Morgan fingerprint density at radius 1 is 0.944 bits per heavy atom. The molecule has 0 spiro atoms. The van der Waals surface area contributed by atoms with Crippen LogP contribution in [0.15, 0.2) is 72.8 Å². The highest BCUT2D eigenvalue weighted by Crippen LogP contribution is 2.27. The summed E-state index contributed by atoms with van der Waals surface area (Å²) in [6.07, 6.45) is 0.363. The average Bonchev–Trinajstić information content (AvgIpc) is 2.80. The van der Waals surface area contributed by atoms with Gasteiger partial charge >= 0.3 is 0 Å². The average molecular weight is 527 g/mol. The normalized spacial score (nSPS) is 12.1. The Bertz CT molecular complexity index is 1190. The van der Waals surface area contributed by atoms with Crippen molar-refractivity contribution in [3.63, 3.8) is 0 Å². The van der Waals surface area contributed by atoms with Crippen molar-refractivity contribution >= 4 is 35.0 Å². The van der Waals surface area contributed by atoms with Crippen LogP contribution in [0.3, 0.4) is 0 Å². The number of aryl methyl sites for hydroxylation is 1. The van der Waals surface area contributed by atoms with Crippen LogP contribution in [-0.2, 0) is 22.6 Å². The van der Waals surface area contributed by atoms with E-state index in [0.717, 1.165) is 16.7 Å². The van der Waals surface area contributed by atoms with E-state index in [-0.39, 0.29) is 25.0 Å². The van der Waals surface area contributed by atoms with Gasteiger partial charge in [-0.2, -0.15) is 0 Å². The molecule has 1 atom stereocenters. The molecule has 2 amide bonds. The predicted octanol–water partition coefficient (Wildman–Crippen LogP) is 6.24. The fourth-order valence-corrected chi connectivity index (χ4v) is 4.29. The van der Waals surface area contributed by atoms with Crippen LogP contribution >= 0.6 is 23.2 Å². The standard InChI is InChI=1S/C29H32Cl2N2O3/c1-20-9-8-12-22(15-20)18-33(27(34)19-36-26-14-13-23(30)17-24(26)31)25(28(35)32-29(2,3)4)16-21-10-6-5-7-11-21/h5-15,17,25H,16,18-19H2,1-4H3,(H,32,35).